The number of nitrogens with zero attached hydrogens (tertiary/aromatic N) is 4. The van der Waals surface area contributed by atoms with Crippen molar-refractivity contribution in [3.8, 4) is 22.9 Å². The summed E-state index contributed by atoms with van der Waals surface area (Å²) in [4.78, 5) is 14.5. The van der Waals surface area contributed by atoms with Gasteiger partial charge in [-0.3, -0.25) is 9.48 Å². The number of likely N-dealkylation sites (tertiary alicyclic amines) is 1. The third kappa shape index (κ3) is 4.20. The molecular formula is C24H24N4O2. The van der Waals surface area contributed by atoms with Crippen molar-refractivity contribution in [1.29, 1.82) is 5.26 Å². The molecule has 152 valence electrons. The number of carbonyl (C=O) groups is 1. The lowest BCUT2D eigenvalue weighted by molar-refractivity contribution is 0.0589. The molecule has 0 saturated carbocycles. The first kappa shape index (κ1) is 19.7. The predicted octanol–water partition coefficient (Wildman–Crippen LogP) is 3.95. The molecule has 0 atom stereocenters. The summed E-state index contributed by atoms with van der Waals surface area (Å²) in [5.74, 6) is 0.821. The Kier molecular flexibility index (Phi) is 5.53. The van der Waals surface area contributed by atoms with Crippen LogP contribution in [0.1, 0.15) is 34.6 Å². The maximum atomic E-state index is 12.6. The summed E-state index contributed by atoms with van der Waals surface area (Å²) in [7, 11) is 1.85. The molecule has 6 heteroatoms. The Labute approximate surface area is 176 Å². The molecule has 0 aliphatic carbocycles. The summed E-state index contributed by atoms with van der Waals surface area (Å²) in [6, 6.07) is 19.5. The minimum atomic E-state index is -0.0103. The van der Waals surface area contributed by atoms with Crippen LogP contribution in [0.2, 0.25) is 0 Å². The van der Waals surface area contributed by atoms with Crippen LogP contribution in [0.15, 0.2) is 54.6 Å². The number of amides is 1. The second-order valence-electron chi connectivity index (χ2n) is 7.62. The van der Waals surface area contributed by atoms with E-state index in [-0.39, 0.29) is 12.0 Å². The van der Waals surface area contributed by atoms with Crippen LogP contribution in [0, 0.1) is 18.3 Å². The van der Waals surface area contributed by atoms with E-state index in [0.29, 0.717) is 24.3 Å². The van der Waals surface area contributed by atoms with Gasteiger partial charge in [0.05, 0.1) is 11.6 Å². The van der Waals surface area contributed by atoms with Gasteiger partial charge in [-0.25, -0.2) is 0 Å². The van der Waals surface area contributed by atoms with Crippen LogP contribution in [-0.4, -0.2) is 39.8 Å². The minimum absolute atomic E-state index is 0.0103. The third-order valence-electron chi connectivity index (χ3n) is 5.57. The van der Waals surface area contributed by atoms with Crippen molar-refractivity contribution in [2.45, 2.75) is 25.9 Å². The Morgan fingerprint density at radius 2 is 1.67 bits per heavy atom. The number of piperidine rings is 1. The van der Waals surface area contributed by atoms with Gasteiger partial charge in [0, 0.05) is 38.7 Å². The number of ether oxygens (including phenoxy) is 1. The highest BCUT2D eigenvalue weighted by Gasteiger charge is 2.26. The molecule has 4 rings (SSSR count). The van der Waals surface area contributed by atoms with E-state index in [1.54, 1.807) is 4.68 Å². The topological polar surface area (TPSA) is 71.2 Å². The van der Waals surface area contributed by atoms with Gasteiger partial charge in [-0.1, -0.05) is 24.3 Å². The zero-order valence-electron chi connectivity index (χ0n) is 17.2. The van der Waals surface area contributed by atoms with E-state index in [0.717, 1.165) is 35.4 Å². The van der Waals surface area contributed by atoms with Crippen molar-refractivity contribution in [2.24, 2.45) is 7.05 Å². The molecule has 3 aromatic rings. The number of rotatable bonds is 4. The Morgan fingerprint density at radius 3 is 2.20 bits per heavy atom. The molecule has 0 unspecified atom stereocenters. The van der Waals surface area contributed by atoms with Gasteiger partial charge in [0.15, 0.2) is 5.69 Å². The van der Waals surface area contributed by atoms with E-state index in [1.807, 2.05) is 73.5 Å². The highest BCUT2D eigenvalue weighted by molar-refractivity contribution is 5.92. The number of hydrogen-bond donors (Lipinski definition) is 0. The molecule has 0 N–H and O–H groups in total. The molecule has 1 aromatic heterocycles. The first-order valence-electron chi connectivity index (χ1n) is 10.1. The van der Waals surface area contributed by atoms with E-state index >= 15 is 0 Å². The maximum absolute atomic E-state index is 12.6. The van der Waals surface area contributed by atoms with E-state index < -0.39 is 0 Å². The lowest BCUT2D eigenvalue weighted by atomic mass is 10.0. The zero-order valence-corrected chi connectivity index (χ0v) is 17.2. The van der Waals surface area contributed by atoms with Crippen LogP contribution in [0.5, 0.6) is 5.75 Å². The highest BCUT2D eigenvalue weighted by atomic mass is 16.5. The lowest BCUT2D eigenvalue weighted by Gasteiger charge is -2.31. The SMILES string of the molecule is Cc1cc(C(=O)N2CCC(Oc3ccc(-c4ccc(C#N)cc4)cc3)CC2)nn1C. The van der Waals surface area contributed by atoms with Gasteiger partial charge in [-0.15, -0.1) is 0 Å². The van der Waals surface area contributed by atoms with Crippen molar-refractivity contribution in [2.75, 3.05) is 13.1 Å². The lowest BCUT2D eigenvalue weighted by Crippen LogP contribution is -2.42. The fraction of sp³-hybridized carbons (Fsp3) is 0.292. The van der Waals surface area contributed by atoms with E-state index in [9.17, 15) is 4.79 Å². The molecule has 2 aromatic carbocycles. The van der Waals surface area contributed by atoms with Gasteiger partial charge in [-0.05, 0) is 48.4 Å². The summed E-state index contributed by atoms with van der Waals surface area (Å²) in [6.07, 6.45) is 1.70. The molecule has 1 aliphatic rings. The molecule has 1 saturated heterocycles. The van der Waals surface area contributed by atoms with Gasteiger partial charge >= 0.3 is 0 Å². The Morgan fingerprint density at radius 1 is 1.07 bits per heavy atom. The molecule has 0 bridgehead atoms. The van der Waals surface area contributed by atoms with Crippen molar-refractivity contribution in [3.63, 3.8) is 0 Å². The van der Waals surface area contributed by atoms with Crippen LogP contribution in [0.3, 0.4) is 0 Å². The summed E-state index contributed by atoms with van der Waals surface area (Å²) in [5.41, 5.74) is 4.28. The molecule has 1 aliphatic heterocycles. The second-order valence-corrected chi connectivity index (χ2v) is 7.62. The fourth-order valence-corrected chi connectivity index (χ4v) is 3.66. The normalized spacial score (nSPS) is 14.4. The highest BCUT2D eigenvalue weighted by Crippen LogP contribution is 2.25. The second kappa shape index (κ2) is 8.42. The van der Waals surface area contributed by atoms with Crippen molar-refractivity contribution in [1.82, 2.24) is 14.7 Å². The molecule has 0 radical (unpaired) electrons. The Hall–Kier alpha value is -3.59. The van der Waals surface area contributed by atoms with Crippen molar-refractivity contribution >= 4 is 5.91 Å². The smallest absolute Gasteiger partial charge is 0.274 e. The summed E-state index contributed by atoms with van der Waals surface area (Å²) < 4.78 is 7.87. The van der Waals surface area contributed by atoms with Crippen LogP contribution in [-0.2, 0) is 7.05 Å². The Balaban J connectivity index is 1.32. The van der Waals surface area contributed by atoms with Crippen LogP contribution < -0.4 is 4.74 Å². The van der Waals surface area contributed by atoms with E-state index in [4.69, 9.17) is 10.00 Å². The van der Waals surface area contributed by atoms with Crippen LogP contribution in [0.4, 0.5) is 0 Å². The maximum Gasteiger partial charge on any atom is 0.274 e. The van der Waals surface area contributed by atoms with Gasteiger partial charge in [0.1, 0.15) is 11.9 Å². The van der Waals surface area contributed by atoms with Crippen LogP contribution >= 0.6 is 0 Å². The van der Waals surface area contributed by atoms with E-state index in [2.05, 4.69) is 11.2 Å². The number of aromatic nitrogens is 2. The quantitative estimate of drug-likeness (QED) is 0.665. The van der Waals surface area contributed by atoms with Crippen LogP contribution in [0.25, 0.3) is 11.1 Å². The van der Waals surface area contributed by atoms with Gasteiger partial charge in [0.25, 0.3) is 5.91 Å². The number of aryl methyl sites for hydroxylation is 2. The first-order valence-corrected chi connectivity index (χ1v) is 10.1. The summed E-state index contributed by atoms with van der Waals surface area (Å²) >= 11 is 0. The summed E-state index contributed by atoms with van der Waals surface area (Å²) in [6.45, 7) is 3.28. The van der Waals surface area contributed by atoms with Gasteiger partial charge in [-0.2, -0.15) is 10.4 Å². The van der Waals surface area contributed by atoms with Crippen molar-refractivity contribution in [3.05, 3.63) is 71.5 Å². The number of carbonyl (C=O) groups excluding carboxylic acids is 1. The molecule has 6 nitrogen and oxygen atoms in total. The Bertz CT molecular complexity index is 1050. The number of benzene rings is 2. The predicted molar refractivity (Wildman–Crippen MR) is 114 cm³/mol. The number of hydrogen-bond acceptors (Lipinski definition) is 4. The third-order valence-corrected chi connectivity index (χ3v) is 5.57. The zero-order chi connectivity index (χ0) is 21.1. The largest absolute Gasteiger partial charge is 0.490 e. The molecular weight excluding hydrogens is 376 g/mol. The fourth-order valence-electron chi connectivity index (χ4n) is 3.66. The number of nitriles is 1. The summed E-state index contributed by atoms with van der Waals surface area (Å²) in [5, 5.41) is 13.2. The van der Waals surface area contributed by atoms with Gasteiger partial charge < -0.3 is 9.64 Å². The first-order chi connectivity index (χ1) is 14.5. The average Bonchev–Trinajstić information content (AvgIpc) is 3.13. The molecule has 1 fully saturated rings. The average molecular weight is 400 g/mol. The molecule has 1 amide bonds. The monoisotopic (exact) mass is 400 g/mol. The molecule has 30 heavy (non-hydrogen) atoms. The minimum Gasteiger partial charge on any atom is -0.490 e. The van der Waals surface area contributed by atoms with Gasteiger partial charge in [0.2, 0.25) is 0 Å². The molecule has 0 spiro atoms. The standard InChI is InChI=1S/C24H24N4O2/c1-17-15-23(26-27(17)2)24(29)28-13-11-22(12-14-28)30-21-9-7-20(8-10-21)19-5-3-18(16-25)4-6-19/h3-10,15,22H,11-14H2,1-2H3. The van der Waals surface area contributed by atoms with Crippen molar-refractivity contribution < 1.29 is 9.53 Å². The molecule has 2 heterocycles. The van der Waals surface area contributed by atoms with E-state index in [1.165, 1.54) is 0 Å².